The van der Waals surface area contributed by atoms with E-state index in [1.165, 1.54) is 70.8 Å². The maximum atomic E-state index is 3.88. The Kier molecular flexibility index (Phi) is 6.83. The molecule has 2 nitrogen and oxygen atoms in total. The van der Waals surface area contributed by atoms with Crippen LogP contribution in [-0.2, 0) is 0 Å². The zero-order valence-electron chi connectivity index (χ0n) is 14.0. The van der Waals surface area contributed by atoms with Gasteiger partial charge in [0.1, 0.15) is 0 Å². The van der Waals surface area contributed by atoms with Crippen molar-refractivity contribution in [2.45, 2.75) is 96.2 Å². The van der Waals surface area contributed by atoms with Crippen molar-refractivity contribution in [3.05, 3.63) is 0 Å². The number of hydrogen-bond donors (Lipinski definition) is 1. The highest BCUT2D eigenvalue weighted by Gasteiger charge is 2.40. The van der Waals surface area contributed by atoms with E-state index < -0.39 is 0 Å². The summed E-state index contributed by atoms with van der Waals surface area (Å²) in [5, 5.41) is 3.88. The van der Waals surface area contributed by atoms with Gasteiger partial charge in [0.05, 0.1) is 0 Å². The molecule has 2 aliphatic heterocycles. The summed E-state index contributed by atoms with van der Waals surface area (Å²) < 4.78 is 0. The van der Waals surface area contributed by atoms with E-state index in [9.17, 15) is 0 Å². The summed E-state index contributed by atoms with van der Waals surface area (Å²) in [4.78, 5) is 2.67. The second kappa shape index (κ2) is 8.38. The van der Waals surface area contributed by atoms with Gasteiger partial charge in [-0.3, -0.25) is 0 Å². The van der Waals surface area contributed by atoms with E-state index in [0.29, 0.717) is 0 Å². The molecule has 3 atom stereocenters. The third-order valence-corrected chi connectivity index (χ3v) is 5.73. The molecule has 118 valence electrons. The Morgan fingerprint density at radius 1 is 1.00 bits per heavy atom. The van der Waals surface area contributed by atoms with Crippen molar-refractivity contribution in [3.8, 4) is 0 Å². The molecule has 0 aromatic carbocycles. The van der Waals surface area contributed by atoms with Crippen molar-refractivity contribution < 1.29 is 0 Å². The van der Waals surface area contributed by atoms with Crippen LogP contribution in [0, 0.1) is 5.92 Å². The van der Waals surface area contributed by atoms with E-state index in [4.69, 9.17) is 0 Å². The van der Waals surface area contributed by atoms with Gasteiger partial charge in [-0.05, 0) is 58.0 Å². The predicted molar refractivity (Wildman–Crippen MR) is 88.1 cm³/mol. The lowest BCUT2D eigenvalue weighted by Gasteiger charge is -2.40. The van der Waals surface area contributed by atoms with Crippen LogP contribution in [0.25, 0.3) is 0 Å². The first-order valence-corrected chi connectivity index (χ1v) is 9.21. The Labute approximate surface area is 126 Å². The van der Waals surface area contributed by atoms with Crippen LogP contribution in [0.3, 0.4) is 0 Å². The van der Waals surface area contributed by atoms with Gasteiger partial charge in [0.25, 0.3) is 0 Å². The molecule has 0 amide bonds. The largest absolute Gasteiger partial charge is 0.314 e. The lowest BCUT2D eigenvalue weighted by atomic mass is 9.83. The molecule has 2 heteroatoms. The monoisotopic (exact) mass is 280 g/mol. The fourth-order valence-electron chi connectivity index (χ4n) is 4.41. The number of unbranched alkanes of at least 4 members (excludes halogenated alkanes) is 3. The molecule has 0 saturated carbocycles. The van der Waals surface area contributed by atoms with Gasteiger partial charge in [-0.25, -0.2) is 0 Å². The molecule has 2 bridgehead atoms. The van der Waals surface area contributed by atoms with Crippen molar-refractivity contribution in [2.24, 2.45) is 5.92 Å². The SMILES string of the molecule is CCCCCCC(NCCC)C1CC2CCC(C1)N2C. The summed E-state index contributed by atoms with van der Waals surface area (Å²) in [6.07, 6.45) is 14.1. The van der Waals surface area contributed by atoms with Gasteiger partial charge in [0.15, 0.2) is 0 Å². The first-order chi connectivity index (χ1) is 9.76. The summed E-state index contributed by atoms with van der Waals surface area (Å²) in [7, 11) is 2.36. The third-order valence-electron chi connectivity index (χ3n) is 5.73. The molecular formula is C18H36N2. The molecule has 0 radical (unpaired) electrons. The van der Waals surface area contributed by atoms with Gasteiger partial charge >= 0.3 is 0 Å². The Hall–Kier alpha value is -0.0800. The predicted octanol–water partition coefficient (Wildman–Crippen LogP) is 4.20. The molecular weight excluding hydrogens is 244 g/mol. The van der Waals surface area contributed by atoms with Crippen LogP contribution >= 0.6 is 0 Å². The first kappa shape index (κ1) is 16.3. The first-order valence-electron chi connectivity index (χ1n) is 9.21. The van der Waals surface area contributed by atoms with Crippen LogP contribution in [0.2, 0.25) is 0 Å². The Morgan fingerprint density at radius 2 is 1.70 bits per heavy atom. The van der Waals surface area contributed by atoms with E-state index in [-0.39, 0.29) is 0 Å². The minimum absolute atomic E-state index is 0.795. The summed E-state index contributed by atoms with van der Waals surface area (Å²) >= 11 is 0. The molecule has 0 aromatic heterocycles. The summed E-state index contributed by atoms with van der Waals surface area (Å²) in [6, 6.07) is 2.57. The van der Waals surface area contributed by atoms with Crippen molar-refractivity contribution in [3.63, 3.8) is 0 Å². The van der Waals surface area contributed by atoms with E-state index in [2.05, 4.69) is 31.1 Å². The maximum Gasteiger partial charge on any atom is 0.00989 e. The second-order valence-corrected chi connectivity index (χ2v) is 7.19. The molecule has 20 heavy (non-hydrogen) atoms. The molecule has 1 N–H and O–H groups in total. The Bertz CT molecular complexity index is 252. The minimum Gasteiger partial charge on any atom is -0.314 e. The normalized spacial score (nSPS) is 31.6. The van der Waals surface area contributed by atoms with Crippen LogP contribution in [0.1, 0.15) is 78.1 Å². The fraction of sp³-hybridized carbons (Fsp3) is 1.00. The van der Waals surface area contributed by atoms with Crippen molar-refractivity contribution in [1.82, 2.24) is 10.2 Å². The van der Waals surface area contributed by atoms with Gasteiger partial charge in [-0.15, -0.1) is 0 Å². The zero-order chi connectivity index (χ0) is 14.4. The topological polar surface area (TPSA) is 15.3 Å². The molecule has 2 rings (SSSR count). The highest BCUT2D eigenvalue weighted by Crippen LogP contribution is 2.39. The van der Waals surface area contributed by atoms with Gasteiger partial charge < -0.3 is 10.2 Å². The summed E-state index contributed by atoms with van der Waals surface area (Å²) in [6.45, 7) is 5.81. The van der Waals surface area contributed by atoms with Crippen molar-refractivity contribution >= 4 is 0 Å². The Morgan fingerprint density at radius 3 is 2.30 bits per heavy atom. The maximum absolute atomic E-state index is 3.88. The molecule has 2 heterocycles. The smallest absolute Gasteiger partial charge is 0.00989 e. The standard InChI is InChI=1S/C18H36N2/c1-4-6-7-8-9-18(19-12-5-2)15-13-16-10-11-17(14-15)20(16)3/h15-19H,4-14H2,1-3H3. The van der Waals surface area contributed by atoms with Crippen LogP contribution < -0.4 is 5.32 Å². The van der Waals surface area contributed by atoms with Gasteiger partial charge in [0.2, 0.25) is 0 Å². The highest BCUT2D eigenvalue weighted by atomic mass is 15.2. The van der Waals surface area contributed by atoms with Crippen LogP contribution in [-0.4, -0.2) is 36.6 Å². The number of nitrogens with zero attached hydrogens (tertiary/aromatic N) is 1. The van der Waals surface area contributed by atoms with E-state index >= 15 is 0 Å². The van der Waals surface area contributed by atoms with Gasteiger partial charge in [-0.1, -0.05) is 39.5 Å². The molecule has 2 saturated heterocycles. The summed E-state index contributed by atoms with van der Waals surface area (Å²) in [5.74, 6) is 0.942. The molecule has 2 fully saturated rings. The van der Waals surface area contributed by atoms with Gasteiger partial charge in [-0.2, -0.15) is 0 Å². The highest BCUT2D eigenvalue weighted by molar-refractivity contribution is 4.96. The molecule has 0 aliphatic carbocycles. The molecule has 3 unspecified atom stereocenters. The lowest BCUT2D eigenvalue weighted by Crippen LogP contribution is -2.47. The number of rotatable bonds is 9. The van der Waals surface area contributed by atoms with Crippen molar-refractivity contribution in [2.75, 3.05) is 13.6 Å². The number of piperidine rings is 1. The molecule has 2 aliphatic rings. The fourth-order valence-corrected chi connectivity index (χ4v) is 4.41. The number of hydrogen-bond acceptors (Lipinski definition) is 2. The molecule has 0 spiro atoms. The zero-order valence-corrected chi connectivity index (χ0v) is 14.0. The average molecular weight is 280 g/mol. The lowest BCUT2D eigenvalue weighted by molar-refractivity contribution is 0.109. The Balaban J connectivity index is 1.82. The van der Waals surface area contributed by atoms with E-state index in [1.807, 2.05) is 0 Å². The minimum atomic E-state index is 0.795. The van der Waals surface area contributed by atoms with Crippen LogP contribution in [0.15, 0.2) is 0 Å². The van der Waals surface area contributed by atoms with Gasteiger partial charge in [0, 0.05) is 18.1 Å². The number of nitrogens with one attached hydrogen (secondary N) is 1. The second-order valence-electron chi connectivity index (χ2n) is 7.19. The number of fused-ring (bicyclic) bond motifs is 2. The van der Waals surface area contributed by atoms with Crippen LogP contribution in [0.5, 0.6) is 0 Å². The van der Waals surface area contributed by atoms with Crippen LogP contribution in [0.4, 0.5) is 0 Å². The summed E-state index contributed by atoms with van der Waals surface area (Å²) in [5.41, 5.74) is 0. The van der Waals surface area contributed by atoms with E-state index in [1.54, 1.807) is 0 Å². The van der Waals surface area contributed by atoms with Crippen molar-refractivity contribution in [1.29, 1.82) is 0 Å². The molecule has 0 aromatic rings. The quantitative estimate of drug-likeness (QED) is 0.637. The third kappa shape index (κ3) is 4.21. The average Bonchev–Trinajstić information content (AvgIpc) is 2.68. The van der Waals surface area contributed by atoms with E-state index in [0.717, 1.165) is 24.0 Å².